The van der Waals surface area contributed by atoms with Crippen molar-refractivity contribution < 1.29 is 10.3 Å². The van der Waals surface area contributed by atoms with E-state index in [1.54, 1.807) is 18.3 Å². The summed E-state index contributed by atoms with van der Waals surface area (Å²) in [5.41, 5.74) is 4.99. The number of aromatic nitrogens is 3. The Morgan fingerprint density at radius 2 is 2.06 bits per heavy atom. The fourth-order valence-electron chi connectivity index (χ4n) is 4.38. The zero-order valence-corrected chi connectivity index (χ0v) is 18.1. The molecule has 1 aliphatic rings. The van der Waals surface area contributed by atoms with Gasteiger partial charge in [0.1, 0.15) is 17.1 Å². The highest BCUT2D eigenvalue weighted by Crippen LogP contribution is 2.32. The molecular formula is C23H25N5O2S. The van der Waals surface area contributed by atoms with Gasteiger partial charge in [0.25, 0.3) is 0 Å². The van der Waals surface area contributed by atoms with Gasteiger partial charge in [0.2, 0.25) is 0 Å². The van der Waals surface area contributed by atoms with Crippen LogP contribution in [0.25, 0.3) is 15.9 Å². The first-order valence-electron chi connectivity index (χ1n) is 10.6. The van der Waals surface area contributed by atoms with E-state index >= 15 is 0 Å². The van der Waals surface area contributed by atoms with Gasteiger partial charge in [-0.1, -0.05) is 47.5 Å². The van der Waals surface area contributed by atoms with Crippen molar-refractivity contribution in [2.75, 3.05) is 5.32 Å². The van der Waals surface area contributed by atoms with E-state index in [-0.39, 0.29) is 12.1 Å². The van der Waals surface area contributed by atoms with Gasteiger partial charge in [0.15, 0.2) is 5.13 Å². The topological polar surface area (TPSA) is 95.0 Å². The van der Waals surface area contributed by atoms with Crippen LogP contribution in [0.2, 0.25) is 0 Å². The van der Waals surface area contributed by atoms with Crippen LogP contribution in [-0.2, 0) is 6.42 Å². The van der Waals surface area contributed by atoms with Crippen molar-refractivity contribution in [3.05, 3.63) is 59.5 Å². The Morgan fingerprint density at radius 1 is 1.19 bits per heavy atom. The third kappa shape index (κ3) is 3.77. The Morgan fingerprint density at radius 3 is 2.90 bits per heavy atom. The maximum Gasteiger partial charge on any atom is 0.184 e. The van der Waals surface area contributed by atoms with Crippen molar-refractivity contribution in [3.8, 4) is 0 Å². The first-order valence-corrected chi connectivity index (χ1v) is 11.4. The van der Waals surface area contributed by atoms with Gasteiger partial charge in [-0.05, 0) is 43.5 Å². The summed E-state index contributed by atoms with van der Waals surface area (Å²) >= 11 is 1.62. The van der Waals surface area contributed by atoms with Crippen LogP contribution in [0.3, 0.4) is 0 Å². The lowest BCUT2D eigenvalue weighted by Crippen LogP contribution is -2.36. The molecule has 1 aliphatic carbocycles. The maximum atomic E-state index is 10.3. The van der Waals surface area contributed by atoms with Gasteiger partial charge in [-0.3, -0.25) is 0 Å². The lowest BCUT2D eigenvalue weighted by Gasteiger charge is -2.28. The maximum absolute atomic E-state index is 10.3. The van der Waals surface area contributed by atoms with E-state index in [2.05, 4.69) is 27.6 Å². The summed E-state index contributed by atoms with van der Waals surface area (Å²) in [5, 5.41) is 27.4. The van der Waals surface area contributed by atoms with Crippen LogP contribution in [0.1, 0.15) is 49.6 Å². The molecule has 0 aliphatic heterocycles. The number of thiazole rings is 1. The Bertz CT molecular complexity index is 1260. The number of anilines is 1. The number of hydrogen-bond acceptors (Lipinski definition) is 7. The zero-order valence-electron chi connectivity index (χ0n) is 17.3. The molecule has 3 aromatic heterocycles. The smallest absolute Gasteiger partial charge is 0.184 e. The summed E-state index contributed by atoms with van der Waals surface area (Å²) in [5.74, 6) is 0. The molecule has 7 nitrogen and oxygen atoms in total. The number of pyridine rings is 1. The molecule has 2 atom stereocenters. The number of hydrogen-bond donors (Lipinski definition) is 3. The molecule has 31 heavy (non-hydrogen) atoms. The summed E-state index contributed by atoms with van der Waals surface area (Å²) in [6, 6.07) is 12.1. The van der Waals surface area contributed by atoms with Crippen LogP contribution < -0.4 is 5.32 Å². The van der Waals surface area contributed by atoms with E-state index in [4.69, 9.17) is 4.98 Å². The molecule has 0 bridgehead atoms. The summed E-state index contributed by atoms with van der Waals surface area (Å²) in [7, 11) is 0. The van der Waals surface area contributed by atoms with Gasteiger partial charge in [-0.15, -0.1) is 0 Å². The lowest BCUT2D eigenvalue weighted by molar-refractivity contribution is 0.116. The van der Waals surface area contributed by atoms with Gasteiger partial charge >= 0.3 is 0 Å². The van der Waals surface area contributed by atoms with Crippen LogP contribution >= 0.6 is 11.3 Å². The Kier molecular flexibility index (Phi) is 5.33. The van der Waals surface area contributed by atoms with Crippen molar-refractivity contribution in [1.29, 1.82) is 0 Å². The van der Waals surface area contributed by atoms with Crippen molar-refractivity contribution in [3.63, 3.8) is 0 Å². The number of nitrogens with zero attached hydrogens (tertiary/aromatic N) is 4. The van der Waals surface area contributed by atoms with Crippen molar-refractivity contribution in [2.24, 2.45) is 5.16 Å². The molecular weight excluding hydrogens is 410 g/mol. The van der Waals surface area contributed by atoms with Crippen LogP contribution in [0.15, 0.2) is 47.8 Å². The predicted molar refractivity (Wildman–Crippen MR) is 124 cm³/mol. The molecule has 3 heterocycles. The molecule has 3 N–H and O–H groups in total. The molecule has 1 saturated carbocycles. The lowest BCUT2D eigenvalue weighted by atomic mass is 9.93. The number of aliphatic hydroxyl groups excluding tert-OH is 1. The molecule has 8 heteroatoms. The van der Waals surface area contributed by atoms with Gasteiger partial charge in [0.05, 0.1) is 28.1 Å². The standard InChI is InChI=1S/C23H25N5O2S/c1-14(27-30)21-17(28-12-5-4-11-20(28)25-21)13-15-7-6-10-19-22(15)26-23(31-19)24-16-8-2-3-9-18(16)29/h4-7,10-12,16,18,29-30H,2-3,8-9,13H2,1H3,(H,24,26). The number of aliphatic hydroxyl groups is 1. The molecule has 4 aromatic rings. The molecule has 1 aromatic carbocycles. The van der Waals surface area contributed by atoms with Crippen LogP contribution in [0.4, 0.5) is 5.13 Å². The van der Waals surface area contributed by atoms with Crippen LogP contribution in [0.5, 0.6) is 0 Å². The normalized spacial score (nSPS) is 19.9. The monoisotopic (exact) mass is 435 g/mol. The predicted octanol–water partition coefficient (Wildman–Crippen LogP) is 4.45. The number of rotatable bonds is 5. The summed E-state index contributed by atoms with van der Waals surface area (Å²) in [6.07, 6.45) is 6.30. The Hall–Kier alpha value is -2.97. The second-order valence-electron chi connectivity index (χ2n) is 8.08. The summed E-state index contributed by atoms with van der Waals surface area (Å²) in [4.78, 5) is 9.55. The van der Waals surface area contributed by atoms with Gasteiger partial charge in [-0.2, -0.15) is 0 Å². The first-order chi connectivity index (χ1) is 15.1. The van der Waals surface area contributed by atoms with Crippen LogP contribution in [0, 0.1) is 0 Å². The van der Waals surface area contributed by atoms with Gasteiger partial charge in [0, 0.05) is 12.6 Å². The van der Waals surface area contributed by atoms with E-state index < -0.39 is 0 Å². The van der Waals surface area contributed by atoms with E-state index in [9.17, 15) is 10.3 Å². The molecule has 160 valence electrons. The van der Waals surface area contributed by atoms with E-state index in [0.717, 1.165) is 57.9 Å². The number of para-hydroxylation sites is 1. The molecule has 1 fully saturated rings. The van der Waals surface area contributed by atoms with Gasteiger partial charge < -0.3 is 20.0 Å². The highest BCUT2D eigenvalue weighted by Gasteiger charge is 2.24. The van der Waals surface area contributed by atoms with Crippen molar-refractivity contribution in [2.45, 2.75) is 51.2 Å². The summed E-state index contributed by atoms with van der Waals surface area (Å²) < 4.78 is 3.14. The SMILES string of the molecule is CC(=NO)c1nc2ccccn2c1Cc1cccc2sc(NC3CCCCC3O)nc12. The molecule has 0 saturated heterocycles. The number of fused-ring (bicyclic) bond motifs is 2. The fraction of sp³-hybridized carbons (Fsp3) is 0.348. The number of benzene rings is 1. The molecule has 5 rings (SSSR count). The average Bonchev–Trinajstić information content (AvgIpc) is 3.37. The van der Waals surface area contributed by atoms with E-state index in [0.29, 0.717) is 17.8 Å². The van der Waals surface area contributed by atoms with Gasteiger partial charge in [-0.25, -0.2) is 9.97 Å². The highest BCUT2D eigenvalue weighted by atomic mass is 32.1. The largest absolute Gasteiger partial charge is 0.411 e. The average molecular weight is 436 g/mol. The molecule has 2 unspecified atom stereocenters. The Labute approximate surface area is 184 Å². The molecule has 0 radical (unpaired) electrons. The van der Waals surface area contributed by atoms with E-state index in [1.807, 2.05) is 34.9 Å². The number of oxime groups is 1. The van der Waals surface area contributed by atoms with E-state index in [1.165, 1.54) is 0 Å². The minimum Gasteiger partial charge on any atom is -0.411 e. The number of imidazole rings is 1. The quantitative estimate of drug-likeness (QED) is 0.245. The number of nitrogens with one attached hydrogen (secondary N) is 1. The third-order valence-electron chi connectivity index (χ3n) is 6.02. The fourth-order valence-corrected chi connectivity index (χ4v) is 5.36. The minimum atomic E-state index is -0.318. The minimum absolute atomic E-state index is 0.0616. The molecule has 0 amide bonds. The first kappa shape index (κ1) is 20.0. The second kappa shape index (κ2) is 8.28. The summed E-state index contributed by atoms with van der Waals surface area (Å²) in [6.45, 7) is 1.76. The third-order valence-corrected chi connectivity index (χ3v) is 6.97. The molecule has 0 spiro atoms. The van der Waals surface area contributed by atoms with Crippen molar-refractivity contribution in [1.82, 2.24) is 14.4 Å². The van der Waals surface area contributed by atoms with Crippen LogP contribution in [-0.4, -0.2) is 42.5 Å². The van der Waals surface area contributed by atoms with Crippen molar-refractivity contribution >= 4 is 38.0 Å². The second-order valence-corrected chi connectivity index (χ2v) is 9.11. The zero-order chi connectivity index (χ0) is 21.4. The Balaban J connectivity index is 1.52. The highest BCUT2D eigenvalue weighted by molar-refractivity contribution is 7.22.